The van der Waals surface area contributed by atoms with E-state index in [0.29, 0.717) is 44.3 Å². The molecule has 0 bridgehead atoms. The van der Waals surface area contributed by atoms with Crippen LogP contribution in [-0.4, -0.2) is 66.2 Å². The normalized spacial score (nSPS) is 20.4. The molecule has 0 N–H and O–H groups in total. The first-order chi connectivity index (χ1) is 34.7. The van der Waals surface area contributed by atoms with Gasteiger partial charge in [-0.2, -0.15) is 0 Å². The predicted octanol–water partition coefficient (Wildman–Crippen LogP) is 19.1. The van der Waals surface area contributed by atoms with E-state index < -0.39 is 34.2 Å². The average Bonchev–Trinajstić information content (AvgIpc) is 3.36. The van der Waals surface area contributed by atoms with E-state index in [2.05, 4.69) is 27.7 Å². The molecule has 1 unspecified atom stereocenters. The van der Waals surface area contributed by atoms with E-state index in [4.69, 9.17) is 9.47 Å². The topological polar surface area (TPSA) is 104 Å². The standard InChI is InChI=1S/C60H108O7S4/c1-5-9-13-17-21-25-29-33-37-45-53(62)68-49-52-57(69-54(63)46-38-34-30-26-22-18-14-10-6-2)58(70-55(64)47-39-35-31-27-23-19-15-11-7-3)59(60(67-52)66-51-44-42-41-43-50(51)61)71-56(65)48-40-36-32-28-24-20-16-12-8-4/h51-52,57-60H,5-49H2,1-4H3/t51?,52-,57+,58-,59+,60+/m1/s1. The van der Waals surface area contributed by atoms with Crippen molar-refractivity contribution in [3.8, 4) is 0 Å². The lowest BCUT2D eigenvalue weighted by molar-refractivity contribution is -0.206. The summed E-state index contributed by atoms with van der Waals surface area (Å²) in [5, 5.41) is -1.16. The lowest BCUT2D eigenvalue weighted by atomic mass is 9.96. The Morgan fingerprint density at radius 1 is 0.423 bits per heavy atom. The van der Waals surface area contributed by atoms with Crippen molar-refractivity contribution in [3.63, 3.8) is 0 Å². The molecule has 6 atom stereocenters. The number of carbonyl (C=O) groups excluding carboxylic acids is 5. The summed E-state index contributed by atoms with van der Waals surface area (Å²) in [6, 6.07) is 0. The fourth-order valence-corrected chi connectivity index (χ4v) is 15.2. The molecule has 71 heavy (non-hydrogen) atoms. The Morgan fingerprint density at radius 3 is 1.11 bits per heavy atom. The Bertz CT molecular complexity index is 1350. The summed E-state index contributed by atoms with van der Waals surface area (Å²) in [4.78, 5) is 69.5. The van der Waals surface area contributed by atoms with Gasteiger partial charge in [0.2, 0.25) is 0 Å². The summed E-state index contributed by atoms with van der Waals surface area (Å²) in [6.45, 7) is 8.98. The molecule has 0 aromatic heterocycles. The summed E-state index contributed by atoms with van der Waals surface area (Å²) in [7, 11) is 0. The van der Waals surface area contributed by atoms with Crippen molar-refractivity contribution in [2.75, 3.05) is 5.75 Å². The van der Waals surface area contributed by atoms with Crippen LogP contribution in [0.4, 0.5) is 0 Å². The van der Waals surface area contributed by atoms with Crippen molar-refractivity contribution in [2.24, 2.45) is 0 Å². The van der Waals surface area contributed by atoms with Crippen molar-refractivity contribution >= 4 is 73.3 Å². The molecule has 0 aromatic carbocycles. The number of thioether (sulfide) groups is 4. The van der Waals surface area contributed by atoms with Crippen LogP contribution in [0.3, 0.4) is 0 Å². The van der Waals surface area contributed by atoms with Crippen molar-refractivity contribution in [1.29, 1.82) is 0 Å². The third-order valence-corrected chi connectivity index (χ3v) is 19.8. The molecule has 2 rings (SSSR count). The lowest BCUT2D eigenvalue weighted by Gasteiger charge is -2.46. The van der Waals surface area contributed by atoms with E-state index >= 15 is 0 Å². The number of rotatable bonds is 47. The zero-order valence-electron chi connectivity index (χ0n) is 46.3. The number of hydrogen-bond donors (Lipinski definition) is 0. The molecule has 0 spiro atoms. The number of ketones is 1. The maximum atomic E-state index is 14.3. The van der Waals surface area contributed by atoms with Crippen molar-refractivity contribution in [3.05, 3.63) is 0 Å². The largest absolute Gasteiger partial charge is 0.346 e. The molecule has 0 radical (unpaired) electrons. The summed E-state index contributed by atoms with van der Waals surface area (Å²) in [5.74, 6) is 0.398. The van der Waals surface area contributed by atoms with Crippen LogP contribution >= 0.6 is 47.0 Å². The van der Waals surface area contributed by atoms with Gasteiger partial charge in [-0.25, -0.2) is 0 Å². The van der Waals surface area contributed by atoms with Gasteiger partial charge in [-0.05, 0) is 44.9 Å². The number of hydrogen-bond acceptors (Lipinski definition) is 11. The van der Waals surface area contributed by atoms with Gasteiger partial charge in [-0.3, -0.25) is 24.0 Å². The molecule has 1 heterocycles. The minimum atomic E-state index is -0.917. The van der Waals surface area contributed by atoms with Crippen LogP contribution in [0.2, 0.25) is 0 Å². The van der Waals surface area contributed by atoms with Crippen LogP contribution in [0.1, 0.15) is 310 Å². The highest BCUT2D eigenvalue weighted by molar-refractivity contribution is 8.19. The Morgan fingerprint density at radius 2 is 0.746 bits per heavy atom. The zero-order valence-corrected chi connectivity index (χ0v) is 49.5. The van der Waals surface area contributed by atoms with E-state index in [1.807, 2.05) is 0 Å². The lowest BCUT2D eigenvalue weighted by Crippen LogP contribution is -2.57. The molecule has 11 heteroatoms. The van der Waals surface area contributed by atoms with Gasteiger partial charge in [-0.1, -0.05) is 280 Å². The maximum absolute atomic E-state index is 14.3. The van der Waals surface area contributed by atoms with Gasteiger partial charge in [0.15, 0.2) is 32.5 Å². The van der Waals surface area contributed by atoms with Gasteiger partial charge >= 0.3 is 0 Å². The average molecular weight is 1070 g/mol. The Labute approximate surface area is 454 Å². The maximum Gasteiger partial charge on any atom is 0.189 e. The van der Waals surface area contributed by atoms with E-state index in [0.717, 1.165) is 89.9 Å². The van der Waals surface area contributed by atoms with Crippen molar-refractivity contribution < 1.29 is 33.4 Å². The van der Waals surface area contributed by atoms with Crippen molar-refractivity contribution in [1.82, 2.24) is 0 Å². The van der Waals surface area contributed by atoms with Crippen LogP contribution in [0.5, 0.6) is 0 Å². The molecule has 414 valence electrons. The van der Waals surface area contributed by atoms with Crippen LogP contribution in [0, 0.1) is 0 Å². The van der Waals surface area contributed by atoms with Crippen LogP contribution in [0.15, 0.2) is 0 Å². The molecule has 0 amide bonds. The number of carbonyl (C=O) groups is 5. The van der Waals surface area contributed by atoms with E-state index in [1.165, 1.54) is 201 Å². The molecule has 2 aliphatic rings. The van der Waals surface area contributed by atoms with Crippen LogP contribution in [-0.2, 0) is 33.4 Å². The first kappa shape index (κ1) is 66.8. The van der Waals surface area contributed by atoms with E-state index in [9.17, 15) is 24.0 Å². The van der Waals surface area contributed by atoms with Gasteiger partial charge < -0.3 is 9.47 Å². The second kappa shape index (κ2) is 46.9. The SMILES string of the molecule is CCCCCCCCCCCC(=O)SC[C@H]1O[C@H](OC2CCCCC2=O)[C@@H](SC(=O)CCCCCCCCCCC)[C@H](SC(=O)CCCCCCCCCCC)[C@H]1SC(=O)CCCCCCCCCCC. The fraction of sp³-hybridized carbons (Fsp3) is 0.917. The number of Topliss-reactive ketones (excluding diaryl/α,β-unsaturated/α-hetero) is 1. The zero-order chi connectivity index (χ0) is 51.4. The number of unbranched alkanes of at least 4 members (excludes halogenated alkanes) is 32. The highest BCUT2D eigenvalue weighted by atomic mass is 32.2. The third kappa shape index (κ3) is 34.9. The Balaban J connectivity index is 2.33. The monoisotopic (exact) mass is 1070 g/mol. The summed E-state index contributed by atoms with van der Waals surface area (Å²) < 4.78 is 13.7. The molecule has 7 nitrogen and oxygen atoms in total. The Kier molecular flexibility index (Phi) is 44.1. The van der Waals surface area contributed by atoms with Gasteiger partial charge in [0, 0.05) is 43.1 Å². The van der Waals surface area contributed by atoms with Gasteiger partial charge in [0.1, 0.15) is 6.10 Å². The van der Waals surface area contributed by atoms with Gasteiger partial charge in [0.25, 0.3) is 0 Å². The molecule has 1 saturated heterocycles. The molecule has 0 aromatic rings. The quantitative estimate of drug-likeness (QED) is 0.0544. The molecular formula is C60H108O7S4. The molecule has 2 fully saturated rings. The van der Waals surface area contributed by atoms with Crippen LogP contribution < -0.4 is 0 Å². The Hall–Kier alpha value is -0.330. The molecular weight excluding hydrogens is 961 g/mol. The predicted molar refractivity (Wildman–Crippen MR) is 311 cm³/mol. The van der Waals surface area contributed by atoms with E-state index in [1.54, 1.807) is 0 Å². The summed E-state index contributed by atoms with van der Waals surface area (Å²) >= 11 is 5.09. The summed E-state index contributed by atoms with van der Waals surface area (Å²) in [5.41, 5.74) is 0. The minimum Gasteiger partial charge on any atom is -0.346 e. The van der Waals surface area contributed by atoms with E-state index in [-0.39, 0.29) is 26.2 Å². The number of ether oxygens (including phenoxy) is 2. The second-order valence-corrected chi connectivity index (χ2v) is 26.0. The van der Waals surface area contributed by atoms with Crippen LogP contribution in [0.25, 0.3) is 0 Å². The molecule has 1 aliphatic heterocycles. The second-order valence-electron chi connectivity index (χ2n) is 21.2. The highest BCUT2D eigenvalue weighted by Gasteiger charge is 2.51. The first-order valence-corrected chi connectivity index (χ1v) is 33.9. The smallest absolute Gasteiger partial charge is 0.189 e. The van der Waals surface area contributed by atoms with Gasteiger partial charge in [0.05, 0.1) is 16.6 Å². The molecule has 1 saturated carbocycles. The van der Waals surface area contributed by atoms with Crippen molar-refractivity contribution in [2.45, 2.75) is 344 Å². The summed E-state index contributed by atoms with van der Waals surface area (Å²) in [6.07, 6.45) is 44.7. The molecule has 1 aliphatic carbocycles. The third-order valence-electron chi connectivity index (χ3n) is 14.5. The minimum absolute atomic E-state index is 0.0517. The highest BCUT2D eigenvalue weighted by Crippen LogP contribution is 2.46. The van der Waals surface area contributed by atoms with Gasteiger partial charge in [-0.15, -0.1) is 0 Å². The first-order valence-electron chi connectivity index (χ1n) is 30.3. The fourth-order valence-electron chi connectivity index (χ4n) is 9.98.